The molecule has 1 aromatic rings. The number of hydrogen-bond donors (Lipinski definition) is 5. The Labute approximate surface area is 248 Å². The highest BCUT2D eigenvalue weighted by atomic mass is 15.1. The monoisotopic (exact) mass is 562 g/mol. The molecule has 1 saturated heterocycles. The summed E-state index contributed by atoms with van der Waals surface area (Å²) >= 11 is 0. The third-order valence-corrected chi connectivity index (χ3v) is 9.20. The van der Waals surface area contributed by atoms with Crippen molar-refractivity contribution in [2.24, 2.45) is 10.9 Å². The van der Waals surface area contributed by atoms with Gasteiger partial charge in [-0.3, -0.25) is 10.1 Å². The number of allylic oxidation sites excluding steroid dienone is 5. The average molecular weight is 563 g/mol. The summed E-state index contributed by atoms with van der Waals surface area (Å²) in [6.07, 6.45) is 33.9. The van der Waals surface area contributed by atoms with Crippen molar-refractivity contribution in [3.8, 4) is 0 Å². The smallest absolute Gasteiger partial charge is 0.0878 e. The van der Waals surface area contributed by atoms with Crippen LogP contribution in [0.25, 0.3) is 5.70 Å². The van der Waals surface area contributed by atoms with Crippen LogP contribution in [-0.4, -0.2) is 59.1 Å². The summed E-state index contributed by atoms with van der Waals surface area (Å²) in [7, 11) is 0. The maximum atomic E-state index is 4.79. The highest BCUT2D eigenvalue weighted by Crippen LogP contribution is 2.32. The zero-order chi connectivity index (χ0) is 28.3. The summed E-state index contributed by atoms with van der Waals surface area (Å²) < 4.78 is 0. The Morgan fingerprint density at radius 1 is 1.12 bits per heavy atom. The number of nitrogens with one attached hydrogen (secondary N) is 5. The van der Waals surface area contributed by atoms with Gasteiger partial charge < -0.3 is 26.2 Å². The lowest BCUT2D eigenvalue weighted by atomic mass is 9.85. The highest BCUT2D eigenvalue weighted by molar-refractivity contribution is 5.74. The molecule has 6 aliphatic rings. The molecule has 0 saturated carbocycles. The number of rotatable bonds is 5. The van der Waals surface area contributed by atoms with Gasteiger partial charge in [0.25, 0.3) is 0 Å². The van der Waals surface area contributed by atoms with Gasteiger partial charge in [-0.25, -0.2) is 0 Å². The van der Waals surface area contributed by atoms with Crippen LogP contribution < -0.4 is 21.3 Å². The minimum absolute atomic E-state index is 0.121. The van der Waals surface area contributed by atoms with Crippen molar-refractivity contribution in [3.63, 3.8) is 0 Å². The van der Waals surface area contributed by atoms with E-state index in [0.29, 0.717) is 18.0 Å². The Hall–Kier alpha value is -4.04. The van der Waals surface area contributed by atoms with Crippen molar-refractivity contribution in [1.29, 1.82) is 0 Å². The van der Waals surface area contributed by atoms with E-state index < -0.39 is 0 Å². The number of piperidine rings is 1. The molecule has 0 amide bonds. The fraction of sp³-hybridized carbons (Fsp3) is 0.412. The molecule has 5 unspecified atom stereocenters. The van der Waals surface area contributed by atoms with Gasteiger partial charge in [0.15, 0.2) is 0 Å². The summed E-state index contributed by atoms with van der Waals surface area (Å²) in [6, 6.07) is 1.21. The standard InChI is InChI=1S/C34H42N8/c1-23-5-2-8-32(40-23)34-29(20-39-41-34)25-6-3-7-26-16-28(19-38-30(26)10-9-25)33-22-42(14-4-12-36-33)21-24-15-27-18-35-13-11-31(27)37-17-24/h3-4,7-10,12,14,16-17,19-20,22-23,25,27,30-31,35,37-38,40H,2,5-6,11,13,15,18,21H2,1H3,(H,39,41)/b7-3+,10-9-. The van der Waals surface area contributed by atoms with Crippen LogP contribution in [0.2, 0.25) is 0 Å². The van der Waals surface area contributed by atoms with E-state index in [1.54, 1.807) is 0 Å². The molecule has 1 aromatic heterocycles. The minimum Gasteiger partial charge on any atom is -0.388 e. The van der Waals surface area contributed by atoms with Gasteiger partial charge in [-0.1, -0.05) is 30.4 Å². The predicted molar refractivity (Wildman–Crippen MR) is 170 cm³/mol. The van der Waals surface area contributed by atoms with Crippen molar-refractivity contribution in [1.82, 2.24) is 36.4 Å². The first kappa shape index (κ1) is 26.8. The first-order valence-corrected chi connectivity index (χ1v) is 15.6. The van der Waals surface area contributed by atoms with Gasteiger partial charge in [-0.2, -0.15) is 5.10 Å². The van der Waals surface area contributed by atoms with Crippen molar-refractivity contribution in [2.75, 3.05) is 19.6 Å². The van der Waals surface area contributed by atoms with Gasteiger partial charge in [0.2, 0.25) is 0 Å². The first-order valence-electron chi connectivity index (χ1n) is 15.6. The average Bonchev–Trinajstić information content (AvgIpc) is 3.37. The molecular weight excluding hydrogens is 520 g/mol. The summed E-state index contributed by atoms with van der Waals surface area (Å²) in [4.78, 5) is 7.05. The number of H-pyrrole nitrogens is 1. The lowest BCUT2D eigenvalue weighted by Gasteiger charge is -2.37. The van der Waals surface area contributed by atoms with Crippen LogP contribution in [-0.2, 0) is 0 Å². The fourth-order valence-corrected chi connectivity index (χ4v) is 6.87. The molecule has 5 aliphatic heterocycles. The van der Waals surface area contributed by atoms with E-state index >= 15 is 0 Å². The lowest BCUT2D eigenvalue weighted by molar-refractivity contribution is 0.277. The molecule has 0 spiro atoms. The van der Waals surface area contributed by atoms with E-state index in [1.165, 1.54) is 35.2 Å². The number of aromatic nitrogens is 2. The minimum atomic E-state index is 0.121. The topological polar surface area (TPSA) is 92.4 Å². The maximum absolute atomic E-state index is 4.79. The van der Waals surface area contributed by atoms with Crippen LogP contribution in [0.4, 0.5) is 0 Å². The first-order chi connectivity index (χ1) is 20.7. The van der Waals surface area contributed by atoms with Gasteiger partial charge in [-0.05, 0) is 81.0 Å². The Kier molecular flexibility index (Phi) is 7.70. The summed E-state index contributed by atoms with van der Waals surface area (Å²) in [5.74, 6) is 0.936. The quantitative estimate of drug-likeness (QED) is 0.340. The molecule has 5 atom stereocenters. The van der Waals surface area contributed by atoms with E-state index in [2.05, 4.69) is 105 Å². The molecule has 6 heterocycles. The number of fused-ring (bicyclic) bond motifs is 2. The summed E-state index contributed by atoms with van der Waals surface area (Å²) in [5.41, 5.74) is 8.27. The van der Waals surface area contributed by atoms with Crippen LogP contribution in [0.15, 0.2) is 101 Å². The van der Waals surface area contributed by atoms with Crippen LogP contribution in [0.5, 0.6) is 0 Å². The summed E-state index contributed by atoms with van der Waals surface area (Å²) in [5, 5.41) is 22.2. The van der Waals surface area contributed by atoms with Crippen LogP contribution in [0.3, 0.4) is 0 Å². The zero-order valence-corrected chi connectivity index (χ0v) is 24.4. The number of aliphatic imine (C=N–C) groups is 1. The molecular formula is C34H42N8. The van der Waals surface area contributed by atoms with Crippen LogP contribution in [0, 0.1) is 5.92 Å². The molecule has 0 bridgehead atoms. The Morgan fingerprint density at radius 2 is 2.10 bits per heavy atom. The number of nitrogens with zero attached hydrogens (tertiary/aromatic N) is 3. The molecule has 0 aromatic carbocycles. The molecule has 42 heavy (non-hydrogen) atoms. The molecule has 7 rings (SSSR count). The fourth-order valence-electron chi connectivity index (χ4n) is 6.87. The summed E-state index contributed by atoms with van der Waals surface area (Å²) in [6.45, 7) is 5.32. The van der Waals surface area contributed by atoms with Crippen molar-refractivity contribution < 1.29 is 0 Å². The van der Waals surface area contributed by atoms with Crippen LogP contribution >= 0.6 is 0 Å². The zero-order valence-electron chi connectivity index (χ0n) is 24.4. The van der Waals surface area contributed by atoms with Crippen molar-refractivity contribution in [2.45, 2.75) is 63.1 Å². The van der Waals surface area contributed by atoms with Gasteiger partial charge in [0.05, 0.1) is 29.3 Å². The SMILES string of the molecule is CC1CCC=C(c2[nH]ncc2C2/C=C\C3NC=C(C4=CN(CC5=CNC6CCNCC6C5)C=CC=N4)C=C3/C=C/C2)N1. The second-order valence-corrected chi connectivity index (χ2v) is 12.3. The van der Waals surface area contributed by atoms with E-state index in [0.717, 1.165) is 55.9 Å². The second-order valence-electron chi connectivity index (χ2n) is 12.3. The van der Waals surface area contributed by atoms with E-state index in [4.69, 9.17) is 4.99 Å². The maximum Gasteiger partial charge on any atom is 0.0878 e. The van der Waals surface area contributed by atoms with E-state index in [1.807, 2.05) is 18.5 Å². The van der Waals surface area contributed by atoms with E-state index in [9.17, 15) is 0 Å². The number of hydrogen-bond acceptors (Lipinski definition) is 7. The Bertz CT molecular complexity index is 1450. The third kappa shape index (κ3) is 5.81. The van der Waals surface area contributed by atoms with Gasteiger partial charge in [0.1, 0.15) is 0 Å². The van der Waals surface area contributed by atoms with Gasteiger partial charge in [-0.15, -0.1) is 0 Å². The van der Waals surface area contributed by atoms with Crippen LogP contribution in [0.1, 0.15) is 56.2 Å². The van der Waals surface area contributed by atoms with Gasteiger partial charge >= 0.3 is 0 Å². The molecule has 0 radical (unpaired) electrons. The predicted octanol–water partition coefficient (Wildman–Crippen LogP) is 4.50. The molecule has 8 heteroatoms. The largest absolute Gasteiger partial charge is 0.388 e. The molecule has 5 N–H and O–H groups in total. The number of dihydropyridines is 1. The Balaban J connectivity index is 1.04. The Morgan fingerprint density at radius 3 is 3.05 bits per heavy atom. The molecule has 1 fully saturated rings. The molecule has 218 valence electrons. The normalized spacial score (nSPS) is 32.0. The van der Waals surface area contributed by atoms with E-state index in [-0.39, 0.29) is 12.0 Å². The van der Waals surface area contributed by atoms with Crippen molar-refractivity contribution in [3.05, 3.63) is 107 Å². The molecule has 1 aliphatic carbocycles. The highest BCUT2D eigenvalue weighted by Gasteiger charge is 2.28. The lowest BCUT2D eigenvalue weighted by Crippen LogP contribution is -2.48. The number of aromatic amines is 1. The second kappa shape index (κ2) is 12.1. The van der Waals surface area contributed by atoms with Crippen molar-refractivity contribution >= 4 is 11.9 Å². The molecule has 8 nitrogen and oxygen atoms in total. The van der Waals surface area contributed by atoms with Gasteiger partial charge in [0, 0.05) is 67.0 Å². The third-order valence-electron chi connectivity index (χ3n) is 9.20.